The quantitative estimate of drug-likeness (QED) is 0.868. The predicted molar refractivity (Wildman–Crippen MR) is 72.7 cm³/mol. The molecule has 1 saturated heterocycles. The van der Waals surface area contributed by atoms with Crippen LogP contribution in [0.25, 0.3) is 0 Å². The number of alkyl halides is 3. The van der Waals surface area contributed by atoms with Crippen molar-refractivity contribution in [3.63, 3.8) is 0 Å². The van der Waals surface area contributed by atoms with Gasteiger partial charge in [0.25, 0.3) is 0 Å². The van der Waals surface area contributed by atoms with E-state index in [9.17, 15) is 13.2 Å². The van der Waals surface area contributed by atoms with E-state index in [-0.39, 0.29) is 11.4 Å². The Morgan fingerprint density at radius 1 is 1.30 bits per heavy atom. The van der Waals surface area contributed by atoms with Crippen LogP contribution in [-0.2, 0) is 10.9 Å². The molecule has 0 radical (unpaired) electrons. The lowest BCUT2D eigenvalue weighted by Gasteiger charge is -2.30. The molecule has 0 atom stereocenters. The highest BCUT2D eigenvalue weighted by Crippen LogP contribution is 2.37. The molecule has 0 aliphatic carbocycles. The molecule has 1 aliphatic rings. The van der Waals surface area contributed by atoms with Gasteiger partial charge in [0.2, 0.25) is 0 Å². The van der Waals surface area contributed by atoms with Crippen molar-refractivity contribution in [2.75, 3.05) is 37.4 Å². The van der Waals surface area contributed by atoms with Gasteiger partial charge < -0.3 is 15.4 Å². The van der Waals surface area contributed by atoms with Gasteiger partial charge in [-0.15, -0.1) is 0 Å². The molecule has 20 heavy (non-hydrogen) atoms. The monoisotopic (exact) mass is 288 g/mol. The maximum Gasteiger partial charge on any atom is 0.418 e. The number of hydrogen-bond acceptors (Lipinski definition) is 3. The smallest absolute Gasteiger partial charge is 0.399 e. The number of halogens is 3. The molecule has 6 heteroatoms. The molecule has 2 N–H and O–H groups in total. The van der Waals surface area contributed by atoms with E-state index in [2.05, 4.69) is 0 Å². The number of nitrogen functional groups attached to an aromatic ring is 1. The molecular formula is C14H19F3N2O. The number of benzene rings is 1. The summed E-state index contributed by atoms with van der Waals surface area (Å²) in [5, 5.41) is 0. The second-order valence-corrected chi connectivity index (χ2v) is 5.21. The van der Waals surface area contributed by atoms with Crippen molar-refractivity contribution in [1.82, 2.24) is 0 Å². The topological polar surface area (TPSA) is 38.5 Å². The van der Waals surface area contributed by atoms with Gasteiger partial charge >= 0.3 is 6.18 Å². The zero-order valence-corrected chi connectivity index (χ0v) is 11.4. The Morgan fingerprint density at radius 2 is 1.95 bits per heavy atom. The Labute approximate surface area is 116 Å². The summed E-state index contributed by atoms with van der Waals surface area (Å²) in [6.07, 6.45) is -2.62. The van der Waals surface area contributed by atoms with Crippen LogP contribution in [-0.4, -0.2) is 26.8 Å². The van der Waals surface area contributed by atoms with Crippen molar-refractivity contribution in [3.05, 3.63) is 23.8 Å². The van der Waals surface area contributed by atoms with Crippen LogP contribution in [0.3, 0.4) is 0 Å². The summed E-state index contributed by atoms with van der Waals surface area (Å²) in [7, 11) is 1.69. The fourth-order valence-corrected chi connectivity index (χ4v) is 2.53. The van der Waals surface area contributed by atoms with E-state index in [0.29, 0.717) is 25.7 Å². The van der Waals surface area contributed by atoms with E-state index < -0.39 is 11.7 Å². The van der Waals surface area contributed by atoms with Crippen molar-refractivity contribution < 1.29 is 17.9 Å². The van der Waals surface area contributed by atoms with Gasteiger partial charge in [0, 0.05) is 38.2 Å². The van der Waals surface area contributed by atoms with Crippen molar-refractivity contribution in [3.8, 4) is 0 Å². The van der Waals surface area contributed by atoms with Gasteiger partial charge in [-0.05, 0) is 37.0 Å². The highest BCUT2D eigenvalue weighted by atomic mass is 19.4. The molecule has 0 unspecified atom stereocenters. The fraction of sp³-hybridized carbons (Fsp3) is 0.571. The van der Waals surface area contributed by atoms with Crippen molar-refractivity contribution in [1.29, 1.82) is 0 Å². The van der Waals surface area contributed by atoms with Gasteiger partial charge in [-0.1, -0.05) is 0 Å². The highest BCUT2D eigenvalue weighted by molar-refractivity contribution is 5.60. The van der Waals surface area contributed by atoms with Crippen LogP contribution < -0.4 is 10.6 Å². The highest BCUT2D eigenvalue weighted by Gasteiger charge is 2.35. The Kier molecular flexibility index (Phi) is 4.42. The van der Waals surface area contributed by atoms with Crippen molar-refractivity contribution >= 4 is 11.4 Å². The minimum Gasteiger partial charge on any atom is -0.399 e. The number of ether oxygens (including phenoxy) is 1. The van der Waals surface area contributed by atoms with Crippen LogP contribution in [0.5, 0.6) is 0 Å². The first-order valence-electron chi connectivity index (χ1n) is 6.63. The SMILES string of the molecule is CN(CC1CCOCC1)c1ccc(N)cc1C(F)(F)F. The molecule has 0 bridgehead atoms. The maximum atomic E-state index is 13.1. The van der Waals surface area contributed by atoms with Gasteiger partial charge in [-0.2, -0.15) is 13.2 Å². The second kappa shape index (κ2) is 5.91. The average molecular weight is 288 g/mol. The molecule has 0 saturated carbocycles. The number of nitrogens with two attached hydrogens (primary N) is 1. The molecule has 1 heterocycles. The summed E-state index contributed by atoms with van der Waals surface area (Å²) in [6.45, 7) is 1.97. The average Bonchev–Trinajstić information content (AvgIpc) is 2.38. The summed E-state index contributed by atoms with van der Waals surface area (Å²) in [5.41, 5.74) is 5.10. The van der Waals surface area contributed by atoms with Gasteiger partial charge in [-0.3, -0.25) is 0 Å². The number of rotatable bonds is 3. The first-order chi connectivity index (χ1) is 9.38. The van der Waals surface area contributed by atoms with Crippen LogP contribution in [0, 0.1) is 5.92 Å². The Balaban J connectivity index is 2.18. The molecule has 0 spiro atoms. The summed E-state index contributed by atoms with van der Waals surface area (Å²) < 4.78 is 44.5. The number of anilines is 2. The molecule has 1 aliphatic heterocycles. The largest absolute Gasteiger partial charge is 0.418 e. The number of nitrogens with zero attached hydrogens (tertiary/aromatic N) is 1. The minimum atomic E-state index is -4.39. The third kappa shape index (κ3) is 3.56. The van der Waals surface area contributed by atoms with E-state index in [1.165, 1.54) is 12.1 Å². The summed E-state index contributed by atoms with van der Waals surface area (Å²) in [5.74, 6) is 0.368. The van der Waals surface area contributed by atoms with E-state index in [1.54, 1.807) is 11.9 Å². The van der Waals surface area contributed by atoms with E-state index in [0.717, 1.165) is 18.9 Å². The Hall–Kier alpha value is -1.43. The molecule has 1 fully saturated rings. The van der Waals surface area contributed by atoms with Gasteiger partial charge in [-0.25, -0.2) is 0 Å². The minimum absolute atomic E-state index is 0.126. The van der Waals surface area contributed by atoms with Crippen LogP contribution in [0.4, 0.5) is 24.5 Å². The molecule has 1 aromatic carbocycles. The molecule has 0 aromatic heterocycles. The lowest BCUT2D eigenvalue weighted by Crippen LogP contribution is -2.30. The van der Waals surface area contributed by atoms with Gasteiger partial charge in [0.1, 0.15) is 0 Å². The number of hydrogen-bond donors (Lipinski definition) is 1. The molecule has 0 amide bonds. The fourth-order valence-electron chi connectivity index (χ4n) is 2.53. The maximum absolute atomic E-state index is 13.1. The first kappa shape index (κ1) is 15.0. The van der Waals surface area contributed by atoms with Gasteiger partial charge in [0.15, 0.2) is 0 Å². The normalized spacial score (nSPS) is 17.2. The second-order valence-electron chi connectivity index (χ2n) is 5.21. The standard InChI is InChI=1S/C14H19F3N2O/c1-19(9-10-4-6-20-7-5-10)13-3-2-11(18)8-12(13)14(15,16)17/h2-3,8,10H,4-7,9,18H2,1H3. The van der Waals surface area contributed by atoms with Gasteiger partial charge in [0.05, 0.1) is 5.56 Å². The summed E-state index contributed by atoms with van der Waals surface area (Å²) in [6, 6.07) is 3.94. The third-order valence-electron chi connectivity index (χ3n) is 3.61. The van der Waals surface area contributed by atoms with E-state index in [1.807, 2.05) is 0 Å². The molecule has 1 aromatic rings. The molecule has 2 rings (SSSR count). The lowest BCUT2D eigenvalue weighted by molar-refractivity contribution is -0.137. The zero-order chi connectivity index (χ0) is 14.8. The summed E-state index contributed by atoms with van der Waals surface area (Å²) in [4.78, 5) is 1.66. The Morgan fingerprint density at radius 3 is 2.55 bits per heavy atom. The lowest BCUT2D eigenvalue weighted by atomic mass is 9.99. The van der Waals surface area contributed by atoms with Crippen LogP contribution in [0.1, 0.15) is 18.4 Å². The van der Waals surface area contributed by atoms with E-state index >= 15 is 0 Å². The zero-order valence-electron chi connectivity index (χ0n) is 11.4. The van der Waals surface area contributed by atoms with Crippen LogP contribution >= 0.6 is 0 Å². The molecule has 3 nitrogen and oxygen atoms in total. The van der Waals surface area contributed by atoms with Crippen LogP contribution in [0.15, 0.2) is 18.2 Å². The molecular weight excluding hydrogens is 269 g/mol. The third-order valence-corrected chi connectivity index (χ3v) is 3.61. The van der Waals surface area contributed by atoms with Crippen molar-refractivity contribution in [2.45, 2.75) is 19.0 Å². The Bertz CT molecular complexity index is 456. The van der Waals surface area contributed by atoms with E-state index in [4.69, 9.17) is 10.5 Å². The predicted octanol–water partition coefficient (Wildman–Crippen LogP) is 3.15. The van der Waals surface area contributed by atoms with Crippen molar-refractivity contribution in [2.24, 2.45) is 5.92 Å². The van der Waals surface area contributed by atoms with Crippen LogP contribution in [0.2, 0.25) is 0 Å². The first-order valence-corrected chi connectivity index (χ1v) is 6.63. The molecule has 112 valence electrons. The summed E-state index contributed by atoms with van der Waals surface area (Å²) >= 11 is 0.